The van der Waals surface area contributed by atoms with Gasteiger partial charge in [0.15, 0.2) is 0 Å². The quantitative estimate of drug-likeness (QED) is 0.218. The molecule has 0 saturated heterocycles. The Kier molecular flexibility index (Phi) is 17.5. The minimum atomic E-state index is -0.219. The molecule has 0 radical (unpaired) electrons. The third-order valence-electron chi connectivity index (χ3n) is 6.05. The molecular formula is C24H49NO. The van der Waals surface area contributed by atoms with Crippen LogP contribution in [0, 0.1) is 5.41 Å². The fraction of sp³-hybridized carbons (Fsp3) is 0.958. The molecule has 2 N–H and O–H groups in total. The number of hydrogen-bond acceptors (Lipinski definition) is 1. The van der Waals surface area contributed by atoms with Crippen LogP contribution >= 0.6 is 0 Å². The Balaban J connectivity index is 4.45. The molecule has 0 bridgehead atoms. The lowest BCUT2D eigenvalue weighted by Crippen LogP contribution is -2.37. The van der Waals surface area contributed by atoms with Crippen LogP contribution in [0.15, 0.2) is 0 Å². The maximum atomic E-state index is 12.4. The molecule has 0 aliphatic rings. The number of unbranched alkanes of at least 4 members (excludes halogenated alkanes) is 13. The van der Waals surface area contributed by atoms with Crippen LogP contribution in [0.5, 0.6) is 0 Å². The number of hydrogen-bond donors (Lipinski definition) is 1. The first kappa shape index (κ1) is 25.5. The van der Waals surface area contributed by atoms with Crippen molar-refractivity contribution in [3.05, 3.63) is 0 Å². The standard InChI is InChI=1S/C24H49NO/c1-4-7-10-13-15-18-21-24(23(25)26,20-17-12-9-6-3)22-19-16-14-11-8-5-2/h4-22H2,1-3H3,(H2,25,26). The average Bonchev–Trinajstić information content (AvgIpc) is 2.63. The largest absolute Gasteiger partial charge is 0.369 e. The monoisotopic (exact) mass is 367 g/mol. The van der Waals surface area contributed by atoms with E-state index in [1.165, 1.54) is 103 Å². The van der Waals surface area contributed by atoms with E-state index in [1.807, 2.05) is 0 Å². The topological polar surface area (TPSA) is 43.1 Å². The van der Waals surface area contributed by atoms with Gasteiger partial charge in [0.1, 0.15) is 0 Å². The molecule has 26 heavy (non-hydrogen) atoms. The molecule has 2 nitrogen and oxygen atoms in total. The summed E-state index contributed by atoms with van der Waals surface area (Å²) in [6.07, 6.45) is 23.5. The highest BCUT2D eigenvalue weighted by Gasteiger charge is 2.34. The Morgan fingerprint density at radius 3 is 1.12 bits per heavy atom. The third-order valence-corrected chi connectivity index (χ3v) is 6.05. The molecule has 0 unspecified atom stereocenters. The van der Waals surface area contributed by atoms with Crippen molar-refractivity contribution < 1.29 is 4.79 Å². The smallest absolute Gasteiger partial charge is 0.223 e. The normalized spacial score (nSPS) is 11.8. The molecule has 0 aromatic carbocycles. The summed E-state index contributed by atoms with van der Waals surface area (Å²) in [7, 11) is 0. The molecule has 0 fully saturated rings. The van der Waals surface area contributed by atoms with E-state index in [0.29, 0.717) is 0 Å². The fourth-order valence-corrected chi connectivity index (χ4v) is 4.12. The minimum absolute atomic E-state index is 0.0175. The van der Waals surface area contributed by atoms with E-state index in [2.05, 4.69) is 20.8 Å². The molecule has 0 spiro atoms. The van der Waals surface area contributed by atoms with Crippen molar-refractivity contribution >= 4 is 5.91 Å². The molecule has 0 heterocycles. The summed E-state index contributed by atoms with van der Waals surface area (Å²) >= 11 is 0. The Hall–Kier alpha value is -0.530. The van der Waals surface area contributed by atoms with Crippen LogP contribution in [-0.2, 0) is 4.79 Å². The molecule has 0 aromatic rings. The van der Waals surface area contributed by atoms with Gasteiger partial charge in [0.2, 0.25) is 5.91 Å². The maximum absolute atomic E-state index is 12.4. The van der Waals surface area contributed by atoms with Gasteiger partial charge in [0.25, 0.3) is 0 Å². The molecule has 0 saturated carbocycles. The van der Waals surface area contributed by atoms with Gasteiger partial charge < -0.3 is 5.73 Å². The van der Waals surface area contributed by atoms with Crippen LogP contribution in [0.4, 0.5) is 0 Å². The summed E-state index contributed by atoms with van der Waals surface area (Å²) in [5.41, 5.74) is 5.75. The zero-order valence-electron chi connectivity index (χ0n) is 18.4. The van der Waals surface area contributed by atoms with Gasteiger partial charge in [-0.1, -0.05) is 124 Å². The first-order valence-corrected chi connectivity index (χ1v) is 11.9. The van der Waals surface area contributed by atoms with Crippen LogP contribution < -0.4 is 5.73 Å². The highest BCUT2D eigenvalue weighted by atomic mass is 16.1. The van der Waals surface area contributed by atoms with E-state index in [9.17, 15) is 4.79 Å². The summed E-state index contributed by atoms with van der Waals surface area (Å²) in [6.45, 7) is 6.76. The van der Waals surface area contributed by atoms with E-state index < -0.39 is 0 Å². The lowest BCUT2D eigenvalue weighted by atomic mass is 9.73. The molecule has 0 aliphatic carbocycles. The lowest BCUT2D eigenvalue weighted by molar-refractivity contribution is -0.129. The third kappa shape index (κ3) is 12.8. The zero-order chi connectivity index (χ0) is 19.5. The van der Waals surface area contributed by atoms with Gasteiger partial charge >= 0.3 is 0 Å². The zero-order valence-corrected chi connectivity index (χ0v) is 18.4. The van der Waals surface area contributed by atoms with Crippen LogP contribution in [0.2, 0.25) is 0 Å². The number of nitrogens with two attached hydrogens (primary N) is 1. The highest BCUT2D eigenvalue weighted by molar-refractivity contribution is 5.80. The predicted octanol–water partition coefficient (Wildman–Crippen LogP) is 7.93. The number of carbonyl (C=O) groups is 1. The van der Waals surface area contributed by atoms with Crippen molar-refractivity contribution in [3.8, 4) is 0 Å². The first-order chi connectivity index (χ1) is 12.6. The second-order valence-corrected chi connectivity index (χ2v) is 8.49. The van der Waals surface area contributed by atoms with Gasteiger partial charge in [0.05, 0.1) is 0 Å². The highest BCUT2D eigenvalue weighted by Crippen LogP contribution is 2.37. The first-order valence-electron chi connectivity index (χ1n) is 11.9. The van der Waals surface area contributed by atoms with Gasteiger partial charge in [-0.3, -0.25) is 4.79 Å². The molecule has 0 rings (SSSR count). The van der Waals surface area contributed by atoms with Crippen LogP contribution in [0.1, 0.15) is 143 Å². The van der Waals surface area contributed by atoms with Crippen molar-refractivity contribution in [1.29, 1.82) is 0 Å². The number of carbonyl (C=O) groups excluding carboxylic acids is 1. The van der Waals surface area contributed by atoms with E-state index in [-0.39, 0.29) is 11.3 Å². The summed E-state index contributed by atoms with van der Waals surface area (Å²) < 4.78 is 0. The Morgan fingerprint density at radius 2 is 0.808 bits per heavy atom. The molecule has 2 heteroatoms. The molecule has 0 aromatic heterocycles. The summed E-state index contributed by atoms with van der Waals surface area (Å²) in [4.78, 5) is 12.4. The molecule has 156 valence electrons. The van der Waals surface area contributed by atoms with Crippen LogP contribution in [0.3, 0.4) is 0 Å². The van der Waals surface area contributed by atoms with E-state index >= 15 is 0 Å². The van der Waals surface area contributed by atoms with Gasteiger partial charge in [0, 0.05) is 5.41 Å². The lowest BCUT2D eigenvalue weighted by Gasteiger charge is -2.31. The second-order valence-electron chi connectivity index (χ2n) is 8.49. The number of rotatable bonds is 20. The fourth-order valence-electron chi connectivity index (χ4n) is 4.12. The van der Waals surface area contributed by atoms with Crippen molar-refractivity contribution in [2.24, 2.45) is 11.1 Å². The van der Waals surface area contributed by atoms with Crippen molar-refractivity contribution in [3.63, 3.8) is 0 Å². The van der Waals surface area contributed by atoms with Gasteiger partial charge in [-0.2, -0.15) is 0 Å². The Labute approximate surface area is 165 Å². The van der Waals surface area contributed by atoms with Crippen LogP contribution in [-0.4, -0.2) is 5.91 Å². The summed E-state index contributed by atoms with van der Waals surface area (Å²) in [5.74, 6) is -0.0175. The molecule has 0 aliphatic heterocycles. The average molecular weight is 368 g/mol. The van der Waals surface area contributed by atoms with Gasteiger partial charge in [-0.05, 0) is 19.3 Å². The van der Waals surface area contributed by atoms with Gasteiger partial charge in [-0.25, -0.2) is 0 Å². The molecule has 0 atom stereocenters. The maximum Gasteiger partial charge on any atom is 0.223 e. The molecule has 1 amide bonds. The predicted molar refractivity (Wildman–Crippen MR) is 116 cm³/mol. The van der Waals surface area contributed by atoms with Crippen LogP contribution in [0.25, 0.3) is 0 Å². The second kappa shape index (κ2) is 17.9. The van der Waals surface area contributed by atoms with E-state index in [1.54, 1.807) is 0 Å². The molecular weight excluding hydrogens is 318 g/mol. The Morgan fingerprint density at radius 1 is 0.538 bits per heavy atom. The SMILES string of the molecule is CCCCCCCCC(CCCCCC)(CCCCCCCC)C(N)=O. The van der Waals surface area contributed by atoms with E-state index in [4.69, 9.17) is 5.73 Å². The van der Waals surface area contributed by atoms with E-state index in [0.717, 1.165) is 19.3 Å². The van der Waals surface area contributed by atoms with Crippen molar-refractivity contribution in [1.82, 2.24) is 0 Å². The summed E-state index contributed by atoms with van der Waals surface area (Å²) in [6, 6.07) is 0. The Bertz CT molecular complexity index is 297. The minimum Gasteiger partial charge on any atom is -0.369 e. The number of amides is 1. The van der Waals surface area contributed by atoms with Crippen molar-refractivity contribution in [2.75, 3.05) is 0 Å². The van der Waals surface area contributed by atoms with Gasteiger partial charge in [-0.15, -0.1) is 0 Å². The number of primary amides is 1. The summed E-state index contributed by atoms with van der Waals surface area (Å²) in [5, 5.41) is 0. The van der Waals surface area contributed by atoms with Crippen molar-refractivity contribution in [2.45, 2.75) is 143 Å².